The van der Waals surface area contributed by atoms with E-state index in [1.165, 1.54) is 11.1 Å². The maximum atomic E-state index is 12.1. The van der Waals surface area contributed by atoms with Gasteiger partial charge >= 0.3 is 0 Å². The highest BCUT2D eigenvalue weighted by molar-refractivity contribution is 5.78. The van der Waals surface area contributed by atoms with Crippen molar-refractivity contribution in [2.24, 2.45) is 0 Å². The van der Waals surface area contributed by atoms with Crippen molar-refractivity contribution < 1.29 is 9.90 Å². The molecule has 0 unspecified atom stereocenters. The van der Waals surface area contributed by atoms with Crippen molar-refractivity contribution in [3.8, 4) is 0 Å². The molecule has 0 saturated carbocycles. The standard InChI is InChI=1S/C22H26N4O2/c27-20(16-25-11-9-17-5-1-2-6-18(17)14-25)13-23-22(28)10-12-26-15-19-7-3-4-8-21(19)24-26/h1-8,15,20,27H,9-14,16H2,(H,23,28)/t20-/m0/s1. The van der Waals surface area contributed by atoms with E-state index in [1.54, 1.807) is 4.68 Å². The van der Waals surface area contributed by atoms with Gasteiger partial charge in [0.15, 0.2) is 0 Å². The van der Waals surface area contributed by atoms with Gasteiger partial charge in [0.25, 0.3) is 0 Å². The predicted octanol–water partition coefficient (Wildman–Crippen LogP) is 1.96. The summed E-state index contributed by atoms with van der Waals surface area (Å²) in [6, 6.07) is 16.3. The van der Waals surface area contributed by atoms with Crippen LogP contribution in [0.4, 0.5) is 0 Å². The lowest BCUT2D eigenvalue weighted by molar-refractivity contribution is -0.121. The number of hydrogen-bond acceptors (Lipinski definition) is 4. The molecule has 1 amide bonds. The number of aliphatic hydroxyl groups is 1. The lowest BCUT2D eigenvalue weighted by Gasteiger charge is -2.30. The van der Waals surface area contributed by atoms with E-state index < -0.39 is 6.10 Å². The summed E-state index contributed by atoms with van der Waals surface area (Å²) in [5, 5.41) is 18.7. The molecule has 0 radical (unpaired) electrons. The van der Waals surface area contributed by atoms with E-state index in [0.717, 1.165) is 30.4 Å². The lowest BCUT2D eigenvalue weighted by Crippen LogP contribution is -2.42. The maximum Gasteiger partial charge on any atom is 0.221 e. The van der Waals surface area contributed by atoms with E-state index in [9.17, 15) is 9.90 Å². The minimum atomic E-state index is -0.568. The van der Waals surface area contributed by atoms with Gasteiger partial charge in [-0.05, 0) is 23.6 Å². The Morgan fingerprint density at radius 3 is 2.79 bits per heavy atom. The summed E-state index contributed by atoms with van der Waals surface area (Å²) < 4.78 is 1.80. The summed E-state index contributed by atoms with van der Waals surface area (Å²) in [6.07, 6.45) is 2.73. The third kappa shape index (κ3) is 4.58. The summed E-state index contributed by atoms with van der Waals surface area (Å²) >= 11 is 0. The molecule has 28 heavy (non-hydrogen) atoms. The van der Waals surface area contributed by atoms with Crippen LogP contribution in [0.15, 0.2) is 54.7 Å². The second kappa shape index (κ2) is 8.54. The molecule has 2 aromatic carbocycles. The number of fused-ring (bicyclic) bond motifs is 2. The average Bonchev–Trinajstić information content (AvgIpc) is 3.14. The number of aliphatic hydroxyl groups excluding tert-OH is 1. The summed E-state index contributed by atoms with van der Waals surface area (Å²) in [5.74, 6) is -0.0670. The first-order chi connectivity index (χ1) is 13.7. The molecule has 6 heteroatoms. The van der Waals surface area contributed by atoms with Gasteiger partial charge in [-0.3, -0.25) is 14.4 Å². The van der Waals surface area contributed by atoms with Crippen molar-refractivity contribution in [1.29, 1.82) is 0 Å². The molecule has 0 saturated heterocycles. The normalized spacial score (nSPS) is 15.3. The molecule has 146 valence electrons. The first-order valence-electron chi connectivity index (χ1n) is 9.83. The Labute approximate surface area is 164 Å². The largest absolute Gasteiger partial charge is 0.390 e. The number of carbonyl (C=O) groups is 1. The van der Waals surface area contributed by atoms with E-state index in [-0.39, 0.29) is 12.5 Å². The van der Waals surface area contributed by atoms with Gasteiger partial charge in [-0.25, -0.2) is 0 Å². The number of carbonyl (C=O) groups excluding carboxylic acids is 1. The molecule has 0 aliphatic carbocycles. The molecule has 0 fully saturated rings. The predicted molar refractivity (Wildman–Crippen MR) is 109 cm³/mol. The Kier molecular flexibility index (Phi) is 5.69. The zero-order valence-corrected chi connectivity index (χ0v) is 15.9. The quantitative estimate of drug-likeness (QED) is 0.659. The topological polar surface area (TPSA) is 70.4 Å². The Bertz CT molecular complexity index is 919. The Hall–Kier alpha value is -2.70. The highest BCUT2D eigenvalue weighted by Gasteiger charge is 2.18. The molecular weight excluding hydrogens is 352 g/mol. The summed E-state index contributed by atoms with van der Waals surface area (Å²) in [4.78, 5) is 14.4. The second-order valence-corrected chi connectivity index (χ2v) is 7.41. The van der Waals surface area contributed by atoms with Gasteiger partial charge in [-0.15, -0.1) is 0 Å². The number of nitrogens with zero attached hydrogens (tertiary/aromatic N) is 3. The lowest BCUT2D eigenvalue weighted by atomic mass is 10.00. The second-order valence-electron chi connectivity index (χ2n) is 7.41. The first kappa shape index (κ1) is 18.7. The summed E-state index contributed by atoms with van der Waals surface area (Å²) in [6.45, 7) is 3.17. The smallest absolute Gasteiger partial charge is 0.221 e. The van der Waals surface area contributed by atoms with Crippen molar-refractivity contribution in [3.05, 3.63) is 65.9 Å². The van der Waals surface area contributed by atoms with Crippen LogP contribution in [0.1, 0.15) is 17.5 Å². The number of β-amino-alcohol motifs (C(OH)–C–C–N with tert-alkyl or cyclic N) is 1. The summed E-state index contributed by atoms with van der Waals surface area (Å²) in [5.41, 5.74) is 3.66. The molecule has 2 heterocycles. The molecule has 1 aliphatic rings. The molecule has 0 bridgehead atoms. The highest BCUT2D eigenvalue weighted by atomic mass is 16.3. The third-order valence-corrected chi connectivity index (χ3v) is 5.24. The molecular formula is C22H26N4O2. The Morgan fingerprint density at radius 2 is 1.93 bits per heavy atom. The monoisotopic (exact) mass is 378 g/mol. The fraction of sp³-hybridized carbons (Fsp3) is 0.364. The average molecular weight is 378 g/mol. The summed E-state index contributed by atoms with van der Waals surface area (Å²) in [7, 11) is 0. The van der Waals surface area contributed by atoms with Crippen molar-refractivity contribution >= 4 is 16.8 Å². The molecule has 6 nitrogen and oxygen atoms in total. The van der Waals surface area contributed by atoms with Crippen LogP contribution >= 0.6 is 0 Å². The van der Waals surface area contributed by atoms with Crippen LogP contribution in [0.25, 0.3) is 10.9 Å². The zero-order valence-electron chi connectivity index (χ0n) is 15.9. The number of rotatable bonds is 7. The fourth-order valence-electron chi connectivity index (χ4n) is 3.74. The molecule has 3 aromatic rings. The van der Waals surface area contributed by atoms with Crippen molar-refractivity contribution in [3.63, 3.8) is 0 Å². The van der Waals surface area contributed by atoms with Gasteiger partial charge in [0.1, 0.15) is 0 Å². The van der Waals surface area contributed by atoms with Crippen LogP contribution in [0.5, 0.6) is 0 Å². The number of hydrogen-bond donors (Lipinski definition) is 2. The van der Waals surface area contributed by atoms with Gasteiger partial charge in [-0.1, -0.05) is 42.5 Å². The van der Waals surface area contributed by atoms with Crippen molar-refractivity contribution in [2.75, 3.05) is 19.6 Å². The van der Waals surface area contributed by atoms with Gasteiger partial charge in [-0.2, -0.15) is 5.10 Å². The molecule has 1 aromatic heterocycles. The van der Waals surface area contributed by atoms with Crippen LogP contribution in [-0.4, -0.2) is 51.4 Å². The van der Waals surface area contributed by atoms with Crippen LogP contribution < -0.4 is 5.32 Å². The number of aromatic nitrogens is 2. The first-order valence-corrected chi connectivity index (χ1v) is 9.83. The highest BCUT2D eigenvalue weighted by Crippen LogP contribution is 2.18. The number of benzene rings is 2. The SMILES string of the molecule is O=C(CCn1cc2ccccc2n1)NC[C@H](O)CN1CCc2ccccc2C1. The molecule has 4 rings (SSSR count). The maximum absolute atomic E-state index is 12.1. The molecule has 2 N–H and O–H groups in total. The third-order valence-electron chi connectivity index (χ3n) is 5.24. The Balaban J connectivity index is 1.19. The van der Waals surface area contributed by atoms with Gasteiger partial charge in [0.2, 0.25) is 5.91 Å². The minimum absolute atomic E-state index is 0.0670. The van der Waals surface area contributed by atoms with E-state index in [4.69, 9.17) is 0 Å². The van der Waals surface area contributed by atoms with Gasteiger partial charge in [0.05, 0.1) is 11.6 Å². The van der Waals surface area contributed by atoms with E-state index >= 15 is 0 Å². The molecule has 1 atom stereocenters. The fourth-order valence-corrected chi connectivity index (χ4v) is 3.74. The van der Waals surface area contributed by atoms with Gasteiger partial charge < -0.3 is 10.4 Å². The van der Waals surface area contributed by atoms with Gasteiger partial charge in [0, 0.05) is 50.7 Å². The number of amides is 1. The van der Waals surface area contributed by atoms with Crippen LogP contribution in [0, 0.1) is 0 Å². The molecule has 0 spiro atoms. The molecule has 1 aliphatic heterocycles. The van der Waals surface area contributed by atoms with E-state index in [2.05, 4.69) is 39.6 Å². The van der Waals surface area contributed by atoms with Crippen LogP contribution in [-0.2, 0) is 24.3 Å². The van der Waals surface area contributed by atoms with Crippen molar-refractivity contribution in [1.82, 2.24) is 20.0 Å². The van der Waals surface area contributed by atoms with Crippen LogP contribution in [0.2, 0.25) is 0 Å². The van der Waals surface area contributed by atoms with E-state index in [0.29, 0.717) is 19.5 Å². The van der Waals surface area contributed by atoms with E-state index in [1.807, 2.05) is 30.5 Å². The zero-order chi connectivity index (χ0) is 19.3. The number of nitrogens with one attached hydrogen (secondary N) is 1. The number of aryl methyl sites for hydroxylation is 1. The minimum Gasteiger partial charge on any atom is -0.390 e. The van der Waals surface area contributed by atoms with Crippen molar-refractivity contribution in [2.45, 2.75) is 32.0 Å². The Morgan fingerprint density at radius 1 is 1.14 bits per heavy atom. The van der Waals surface area contributed by atoms with Crippen LogP contribution in [0.3, 0.4) is 0 Å².